The summed E-state index contributed by atoms with van der Waals surface area (Å²) in [7, 11) is 0. The summed E-state index contributed by atoms with van der Waals surface area (Å²) < 4.78 is 0. The van der Waals surface area contributed by atoms with Crippen molar-refractivity contribution >= 4 is 17.5 Å². The number of amides is 2. The Kier molecular flexibility index (Phi) is 6.60. The lowest BCUT2D eigenvalue weighted by atomic mass is 9.96. The fourth-order valence-corrected chi connectivity index (χ4v) is 1.91. The molecule has 1 aromatic carbocycles. The summed E-state index contributed by atoms with van der Waals surface area (Å²) in [6.45, 7) is 10.2. The van der Waals surface area contributed by atoms with E-state index in [4.69, 9.17) is 0 Å². The highest BCUT2D eigenvalue weighted by Gasteiger charge is 2.20. The van der Waals surface area contributed by atoms with Crippen molar-refractivity contribution < 1.29 is 9.59 Å². The van der Waals surface area contributed by atoms with E-state index in [1.54, 1.807) is 0 Å². The number of rotatable bonds is 6. The number of hydrogen-bond donors (Lipinski definition) is 2. The SMILES string of the molecule is CCC(C)c1ccc(NC(=O)CCNC(=O)C(C)(C)C)cc1. The molecular weight excluding hydrogens is 276 g/mol. The molecule has 0 bridgehead atoms. The van der Waals surface area contributed by atoms with E-state index in [0.29, 0.717) is 12.5 Å². The summed E-state index contributed by atoms with van der Waals surface area (Å²) >= 11 is 0. The third-order valence-electron chi connectivity index (χ3n) is 3.69. The minimum Gasteiger partial charge on any atom is -0.355 e. The molecule has 0 radical (unpaired) electrons. The second-order valence-corrected chi connectivity index (χ2v) is 6.74. The van der Waals surface area contributed by atoms with Gasteiger partial charge >= 0.3 is 0 Å². The molecule has 2 N–H and O–H groups in total. The molecule has 0 saturated heterocycles. The van der Waals surface area contributed by atoms with Crippen molar-refractivity contribution in [1.82, 2.24) is 5.32 Å². The van der Waals surface area contributed by atoms with Crippen molar-refractivity contribution in [3.8, 4) is 0 Å². The molecule has 0 aliphatic rings. The Morgan fingerprint density at radius 1 is 1.14 bits per heavy atom. The molecule has 2 amide bonds. The Balaban J connectivity index is 2.41. The highest BCUT2D eigenvalue weighted by Crippen LogP contribution is 2.20. The highest BCUT2D eigenvalue weighted by atomic mass is 16.2. The van der Waals surface area contributed by atoms with E-state index in [9.17, 15) is 9.59 Å². The predicted molar refractivity (Wildman–Crippen MR) is 90.9 cm³/mol. The topological polar surface area (TPSA) is 58.2 Å². The summed E-state index contributed by atoms with van der Waals surface area (Å²) in [6, 6.07) is 7.94. The molecule has 4 heteroatoms. The van der Waals surface area contributed by atoms with Gasteiger partial charge in [-0.1, -0.05) is 46.8 Å². The smallest absolute Gasteiger partial charge is 0.226 e. The van der Waals surface area contributed by atoms with Crippen LogP contribution in [-0.4, -0.2) is 18.4 Å². The molecule has 0 heterocycles. The van der Waals surface area contributed by atoms with Crippen LogP contribution in [0.25, 0.3) is 0 Å². The van der Waals surface area contributed by atoms with Crippen molar-refractivity contribution in [3.05, 3.63) is 29.8 Å². The van der Waals surface area contributed by atoms with Crippen LogP contribution in [0, 0.1) is 5.41 Å². The van der Waals surface area contributed by atoms with Gasteiger partial charge in [-0.15, -0.1) is 0 Å². The Bertz CT molecular complexity index is 501. The van der Waals surface area contributed by atoms with Crippen LogP contribution in [0.5, 0.6) is 0 Å². The zero-order valence-corrected chi connectivity index (χ0v) is 14.3. The minimum atomic E-state index is -0.428. The summed E-state index contributed by atoms with van der Waals surface area (Å²) in [5.74, 6) is 0.390. The van der Waals surface area contributed by atoms with E-state index in [-0.39, 0.29) is 18.2 Å². The average Bonchev–Trinajstić information content (AvgIpc) is 2.46. The molecular formula is C18H28N2O2. The van der Waals surface area contributed by atoms with E-state index in [1.807, 2.05) is 45.0 Å². The molecule has 1 rings (SSSR count). The van der Waals surface area contributed by atoms with Gasteiger partial charge in [-0.25, -0.2) is 0 Å². The van der Waals surface area contributed by atoms with Gasteiger partial charge in [-0.2, -0.15) is 0 Å². The quantitative estimate of drug-likeness (QED) is 0.842. The van der Waals surface area contributed by atoms with Crippen LogP contribution in [0.3, 0.4) is 0 Å². The van der Waals surface area contributed by atoms with Crippen LogP contribution in [0.4, 0.5) is 5.69 Å². The summed E-state index contributed by atoms with van der Waals surface area (Å²) in [4.78, 5) is 23.5. The third kappa shape index (κ3) is 5.88. The molecule has 0 aliphatic heterocycles. The number of nitrogens with one attached hydrogen (secondary N) is 2. The van der Waals surface area contributed by atoms with Gasteiger partial charge in [0, 0.05) is 24.1 Å². The lowest BCUT2D eigenvalue weighted by Crippen LogP contribution is -2.36. The fourth-order valence-electron chi connectivity index (χ4n) is 1.91. The Morgan fingerprint density at radius 3 is 2.23 bits per heavy atom. The van der Waals surface area contributed by atoms with E-state index in [2.05, 4.69) is 24.5 Å². The van der Waals surface area contributed by atoms with Crippen molar-refractivity contribution in [2.45, 2.75) is 53.4 Å². The number of hydrogen-bond acceptors (Lipinski definition) is 2. The second-order valence-electron chi connectivity index (χ2n) is 6.74. The number of anilines is 1. The fraction of sp³-hybridized carbons (Fsp3) is 0.556. The standard InChI is InChI=1S/C18H28N2O2/c1-6-13(2)14-7-9-15(10-8-14)20-16(21)11-12-19-17(22)18(3,4)5/h7-10,13H,6,11-12H2,1-5H3,(H,19,22)(H,20,21). The molecule has 1 atom stereocenters. The first-order valence-corrected chi connectivity index (χ1v) is 7.92. The second kappa shape index (κ2) is 7.97. The Labute approximate surface area is 133 Å². The van der Waals surface area contributed by atoms with E-state index in [0.717, 1.165) is 12.1 Å². The van der Waals surface area contributed by atoms with Gasteiger partial charge in [0.2, 0.25) is 11.8 Å². The number of carbonyl (C=O) groups excluding carboxylic acids is 2. The minimum absolute atomic E-state index is 0.0433. The molecule has 22 heavy (non-hydrogen) atoms. The Morgan fingerprint density at radius 2 is 1.73 bits per heavy atom. The maximum Gasteiger partial charge on any atom is 0.226 e. The third-order valence-corrected chi connectivity index (χ3v) is 3.69. The van der Waals surface area contributed by atoms with Crippen molar-refractivity contribution in [1.29, 1.82) is 0 Å². The first-order valence-electron chi connectivity index (χ1n) is 7.92. The van der Waals surface area contributed by atoms with Crippen LogP contribution in [-0.2, 0) is 9.59 Å². The lowest BCUT2D eigenvalue weighted by Gasteiger charge is -2.17. The average molecular weight is 304 g/mol. The highest BCUT2D eigenvalue weighted by molar-refractivity contribution is 5.91. The van der Waals surface area contributed by atoms with Gasteiger partial charge in [0.05, 0.1) is 0 Å². The Hall–Kier alpha value is -1.84. The van der Waals surface area contributed by atoms with Gasteiger partial charge in [0.1, 0.15) is 0 Å². The van der Waals surface area contributed by atoms with Crippen molar-refractivity contribution in [2.75, 3.05) is 11.9 Å². The number of carbonyl (C=O) groups is 2. The van der Waals surface area contributed by atoms with Gasteiger partial charge in [-0.3, -0.25) is 9.59 Å². The normalized spacial score (nSPS) is 12.6. The molecule has 0 fully saturated rings. The van der Waals surface area contributed by atoms with Crippen LogP contribution in [0.2, 0.25) is 0 Å². The number of benzene rings is 1. The van der Waals surface area contributed by atoms with Crippen LogP contribution < -0.4 is 10.6 Å². The maximum absolute atomic E-state index is 11.9. The molecule has 0 spiro atoms. The van der Waals surface area contributed by atoms with Crippen LogP contribution in [0.15, 0.2) is 24.3 Å². The molecule has 1 unspecified atom stereocenters. The van der Waals surface area contributed by atoms with Gasteiger partial charge < -0.3 is 10.6 Å². The van der Waals surface area contributed by atoms with Crippen LogP contribution >= 0.6 is 0 Å². The molecule has 1 aromatic rings. The zero-order valence-electron chi connectivity index (χ0n) is 14.3. The van der Waals surface area contributed by atoms with Gasteiger partial charge in [-0.05, 0) is 30.0 Å². The van der Waals surface area contributed by atoms with E-state index < -0.39 is 5.41 Å². The molecule has 0 aliphatic carbocycles. The van der Waals surface area contributed by atoms with Crippen LogP contribution in [0.1, 0.15) is 58.9 Å². The molecule has 4 nitrogen and oxygen atoms in total. The first-order chi connectivity index (χ1) is 10.2. The van der Waals surface area contributed by atoms with E-state index in [1.165, 1.54) is 5.56 Å². The lowest BCUT2D eigenvalue weighted by molar-refractivity contribution is -0.128. The first kappa shape index (κ1) is 18.2. The summed E-state index contributed by atoms with van der Waals surface area (Å²) in [5.41, 5.74) is 1.64. The van der Waals surface area contributed by atoms with Gasteiger partial charge in [0.15, 0.2) is 0 Å². The maximum atomic E-state index is 11.9. The zero-order chi connectivity index (χ0) is 16.8. The van der Waals surface area contributed by atoms with Crippen molar-refractivity contribution in [3.63, 3.8) is 0 Å². The monoisotopic (exact) mass is 304 g/mol. The van der Waals surface area contributed by atoms with Crippen molar-refractivity contribution in [2.24, 2.45) is 5.41 Å². The van der Waals surface area contributed by atoms with E-state index >= 15 is 0 Å². The molecule has 0 aromatic heterocycles. The van der Waals surface area contributed by atoms with Gasteiger partial charge in [0.25, 0.3) is 0 Å². The predicted octanol–water partition coefficient (Wildman–Crippen LogP) is 3.69. The summed E-state index contributed by atoms with van der Waals surface area (Å²) in [6.07, 6.45) is 1.37. The molecule has 0 saturated carbocycles. The summed E-state index contributed by atoms with van der Waals surface area (Å²) in [5, 5.41) is 5.62. The molecule has 122 valence electrons. The largest absolute Gasteiger partial charge is 0.355 e.